The molecule has 0 saturated carbocycles. The van der Waals surface area contributed by atoms with E-state index >= 15 is 0 Å². The molecule has 0 aromatic heterocycles. The molecular formula is C20H24ClFN2O. The molecule has 0 spiro atoms. The van der Waals surface area contributed by atoms with Crippen LogP contribution in [0.4, 0.5) is 10.1 Å². The molecule has 0 aliphatic carbocycles. The standard InChI is InChI=1S/C20H23FN2O.ClH/c21-18-3-1-2-17(13-18)12-16-8-10-23(11-9-16)20(24)14-15-4-6-19(22)7-5-15;/h1-7,13,16H,8-12,14,22H2;1H. The van der Waals surface area contributed by atoms with E-state index in [0.29, 0.717) is 18.0 Å². The first-order valence-electron chi connectivity index (χ1n) is 8.47. The number of likely N-dealkylation sites (tertiary alicyclic amines) is 1. The lowest BCUT2D eigenvalue weighted by Crippen LogP contribution is -2.39. The average molecular weight is 363 g/mol. The summed E-state index contributed by atoms with van der Waals surface area (Å²) in [6.07, 6.45) is 3.26. The van der Waals surface area contributed by atoms with E-state index in [1.54, 1.807) is 12.1 Å². The second-order valence-electron chi connectivity index (χ2n) is 6.58. The van der Waals surface area contributed by atoms with Crippen molar-refractivity contribution < 1.29 is 9.18 Å². The fraction of sp³-hybridized carbons (Fsp3) is 0.350. The third kappa shape index (κ3) is 5.46. The Bertz CT molecular complexity index is 697. The highest BCUT2D eigenvalue weighted by Crippen LogP contribution is 2.22. The van der Waals surface area contributed by atoms with Crippen LogP contribution in [0.25, 0.3) is 0 Å². The monoisotopic (exact) mass is 362 g/mol. The van der Waals surface area contributed by atoms with Crippen molar-refractivity contribution >= 4 is 24.0 Å². The topological polar surface area (TPSA) is 46.3 Å². The van der Waals surface area contributed by atoms with Gasteiger partial charge < -0.3 is 10.6 Å². The van der Waals surface area contributed by atoms with E-state index in [-0.39, 0.29) is 24.1 Å². The Morgan fingerprint density at radius 3 is 2.40 bits per heavy atom. The Hall–Kier alpha value is -2.07. The first kappa shape index (κ1) is 19.3. The van der Waals surface area contributed by atoms with Gasteiger partial charge in [0.05, 0.1) is 6.42 Å². The maximum absolute atomic E-state index is 13.3. The number of anilines is 1. The highest BCUT2D eigenvalue weighted by molar-refractivity contribution is 5.85. The summed E-state index contributed by atoms with van der Waals surface area (Å²) in [5.74, 6) is 0.514. The molecule has 1 heterocycles. The smallest absolute Gasteiger partial charge is 0.226 e. The van der Waals surface area contributed by atoms with Gasteiger partial charge in [0.2, 0.25) is 5.91 Å². The van der Waals surface area contributed by atoms with Crippen LogP contribution in [-0.4, -0.2) is 23.9 Å². The number of carbonyl (C=O) groups excluding carboxylic acids is 1. The van der Waals surface area contributed by atoms with E-state index in [1.165, 1.54) is 6.07 Å². The van der Waals surface area contributed by atoms with Gasteiger partial charge in [0.1, 0.15) is 5.82 Å². The molecule has 134 valence electrons. The van der Waals surface area contributed by atoms with Crippen molar-refractivity contribution in [2.45, 2.75) is 25.7 Å². The number of hydrogen-bond acceptors (Lipinski definition) is 2. The number of halogens is 2. The van der Waals surface area contributed by atoms with E-state index in [2.05, 4.69) is 0 Å². The van der Waals surface area contributed by atoms with E-state index < -0.39 is 0 Å². The van der Waals surface area contributed by atoms with Gasteiger partial charge in [-0.1, -0.05) is 24.3 Å². The van der Waals surface area contributed by atoms with Crippen molar-refractivity contribution in [3.8, 4) is 0 Å². The predicted molar refractivity (Wildman–Crippen MR) is 101 cm³/mol. The Morgan fingerprint density at radius 2 is 1.76 bits per heavy atom. The van der Waals surface area contributed by atoms with Crippen molar-refractivity contribution in [1.82, 2.24) is 4.90 Å². The first-order valence-corrected chi connectivity index (χ1v) is 8.47. The maximum atomic E-state index is 13.3. The first-order chi connectivity index (χ1) is 11.6. The summed E-state index contributed by atoms with van der Waals surface area (Å²) >= 11 is 0. The zero-order valence-corrected chi connectivity index (χ0v) is 15.0. The molecular weight excluding hydrogens is 339 g/mol. The number of nitrogens with zero attached hydrogens (tertiary/aromatic N) is 1. The number of nitrogen functional groups attached to an aromatic ring is 1. The summed E-state index contributed by atoms with van der Waals surface area (Å²) < 4.78 is 13.3. The van der Waals surface area contributed by atoms with Crippen molar-refractivity contribution in [1.29, 1.82) is 0 Å². The van der Waals surface area contributed by atoms with Crippen molar-refractivity contribution in [2.75, 3.05) is 18.8 Å². The van der Waals surface area contributed by atoms with Gasteiger partial charge >= 0.3 is 0 Å². The van der Waals surface area contributed by atoms with Crippen LogP contribution in [0.3, 0.4) is 0 Å². The van der Waals surface area contributed by atoms with Crippen LogP contribution >= 0.6 is 12.4 Å². The van der Waals surface area contributed by atoms with Gasteiger partial charge in [-0.15, -0.1) is 12.4 Å². The molecule has 3 nitrogen and oxygen atoms in total. The van der Waals surface area contributed by atoms with Gasteiger partial charge in [-0.3, -0.25) is 4.79 Å². The molecule has 25 heavy (non-hydrogen) atoms. The fourth-order valence-electron chi connectivity index (χ4n) is 3.31. The van der Waals surface area contributed by atoms with Crippen LogP contribution in [0.15, 0.2) is 48.5 Å². The highest BCUT2D eigenvalue weighted by Gasteiger charge is 2.23. The van der Waals surface area contributed by atoms with Crippen LogP contribution in [-0.2, 0) is 17.6 Å². The third-order valence-electron chi connectivity index (χ3n) is 4.72. The lowest BCUT2D eigenvalue weighted by Gasteiger charge is -2.32. The molecule has 0 unspecified atom stereocenters. The van der Waals surface area contributed by atoms with Gasteiger partial charge in [-0.2, -0.15) is 0 Å². The minimum absolute atomic E-state index is 0. The summed E-state index contributed by atoms with van der Waals surface area (Å²) in [5, 5.41) is 0. The molecule has 3 rings (SSSR count). The number of benzene rings is 2. The second kappa shape index (κ2) is 8.86. The molecule has 2 N–H and O–H groups in total. The van der Waals surface area contributed by atoms with E-state index in [1.807, 2.05) is 35.2 Å². The van der Waals surface area contributed by atoms with Gasteiger partial charge in [-0.05, 0) is 60.6 Å². The average Bonchev–Trinajstić information content (AvgIpc) is 2.57. The van der Waals surface area contributed by atoms with Crippen LogP contribution in [0.2, 0.25) is 0 Å². The zero-order valence-electron chi connectivity index (χ0n) is 14.2. The summed E-state index contributed by atoms with van der Waals surface area (Å²) in [4.78, 5) is 14.4. The summed E-state index contributed by atoms with van der Waals surface area (Å²) in [6.45, 7) is 1.57. The molecule has 2 aromatic rings. The van der Waals surface area contributed by atoms with Gasteiger partial charge in [0, 0.05) is 18.8 Å². The molecule has 0 radical (unpaired) electrons. The minimum Gasteiger partial charge on any atom is -0.399 e. The predicted octanol–water partition coefficient (Wildman–Crippen LogP) is 3.85. The highest BCUT2D eigenvalue weighted by atomic mass is 35.5. The molecule has 2 aromatic carbocycles. The van der Waals surface area contributed by atoms with Crippen molar-refractivity contribution in [3.63, 3.8) is 0 Å². The quantitative estimate of drug-likeness (QED) is 0.839. The van der Waals surface area contributed by atoms with Crippen LogP contribution in [0, 0.1) is 11.7 Å². The third-order valence-corrected chi connectivity index (χ3v) is 4.72. The second-order valence-corrected chi connectivity index (χ2v) is 6.58. The minimum atomic E-state index is -0.177. The lowest BCUT2D eigenvalue weighted by molar-refractivity contribution is -0.131. The summed E-state index contributed by atoms with van der Waals surface area (Å²) in [5.41, 5.74) is 8.42. The molecule has 1 saturated heterocycles. The van der Waals surface area contributed by atoms with Crippen molar-refractivity contribution in [2.24, 2.45) is 5.92 Å². The van der Waals surface area contributed by atoms with Crippen LogP contribution in [0.1, 0.15) is 24.0 Å². The number of nitrogens with two attached hydrogens (primary N) is 1. The van der Waals surface area contributed by atoms with Crippen LogP contribution in [0.5, 0.6) is 0 Å². The molecule has 1 amide bonds. The Balaban J connectivity index is 0.00000225. The van der Waals surface area contributed by atoms with E-state index in [9.17, 15) is 9.18 Å². The van der Waals surface area contributed by atoms with Gasteiger partial charge in [-0.25, -0.2) is 4.39 Å². The zero-order chi connectivity index (χ0) is 16.9. The number of amides is 1. The lowest BCUT2D eigenvalue weighted by atomic mass is 9.90. The summed E-state index contributed by atoms with van der Waals surface area (Å²) in [7, 11) is 0. The Kier molecular flexibility index (Phi) is 6.82. The fourth-order valence-corrected chi connectivity index (χ4v) is 3.31. The van der Waals surface area contributed by atoms with E-state index in [4.69, 9.17) is 5.73 Å². The van der Waals surface area contributed by atoms with Gasteiger partial charge in [0.15, 0.2) is 0 Å². The number of piperidine rings is 1. The maximum Gasteiger partial charge on any atom is 0.226 e. The SMILES string of the molecule is Cl.Nc1ccc(CC(=O)N2CCC(Cc3cccc(F)c3)CC2)cc1. The Labute approximate surface area is 154 Å². The van der Waals surface area contributed by atoms with Crippen LogP contribution < -0.4 is 5.73 Å². The molecule has 0 bridgehead atoms. The molecule has 1 aliphatic rings. The van der Waals surface area contributed by atoms with Gasteiger partial charge in [0.25, 0.3) is 0 Å². The number of hydrogen-bond donors (Lipinski definition) is 1. The number of rotatable bonds is 4. The molecule has 0 atom stereocenters. The normalized spacial score (nSPS) is 14.8. The molecule has 5 heteroatoms. The molecule has 1 aliphatic heterocycles. The Morgan fingerprint density at radius 1 is 1.08 bits per heavy atom. The molecule has 1 fully saturated rings. The van der Waals surface area contributed by atoms with Crippen molar-refractivity contribution in [3.05, 3.63) is 65.5 Å². The number of carbonyl (C=O) groups is 1. The summed E-state index contributed by atoms with van der Waals surface area (Å²) in [6, 6.07) is 14.3. The largest absolute Gasteiger partial charge is 0.399 e. The van der Waals surface area contributed by atoms with E-state index in [0.717, 1.165) is 43.5 Å².